The molecule has 0 saturated carbocycles. The van der Waals surface area contributed by atoms with Gasteiger partial charge in [0.1, 0.15) is 11.8 Å². The van der Waals surface area contributed by atoms with Gasteiger partial charge in [-0.15, -0.1) is 0 Å². The number of halogens is 1. The first-order valence-electron chi connectivity index (χ1n) is 10.9. The van der Waals surface area contributed by atoms with Gasteiger partial charge in [0.05, 0.1) is 36.5 Å². The lowest BCUT2D eigenvalue weighted by Crippen LogP contribution is -2.30. The van der Waals surface area contributed by atoms with Crippen molar-refractivity contribution in [2.45, 2.75) is 13.0 Å². The Morgan fingerprint density at radius 3 is 2.50 bits per heavy atom. The van der Waals surface area contributed by atoms with Crippen LogP contribution in [0.4, 0.5) is 5.95 Å². The summed E-state index contributed by atoms with van der Waals surface area (Å²) in [6.45, 7) is 1.87. The zero-order valence-corrected chi connectivity index (χ0v) is 21.2. The van der Waals surface area contributed by atoms with Crippen LogP contribution in [0.3, 0.4) is 0 Å². The quantitative estimate of drug-likeness (QED) is 0.211. The molecule has 1 aliphatic rings. The molecule has 182 valence electrons. The van der Waals surface area contributed by atoms with E-state index < -0.39 is 17.7 Å². The highest BCUT2D eigenvalue weighted by atomic mass is 79.9. The van der Waals surface area contributed by atoms with Gasteiger partial charge in [-0.05, 0) is 36.8 Å². The lowest BCUT2D eigenvalue weighted by molar-refractivity contribution is -0.132. The van der Waals surface area contributed by atoms with E-state index in [0.717, 1.165) is 10.0 Å². The van der Waals surface area contributed by atoms with Gasteiger partial charge in [0.15, 0.2) is 11.5 Å². The average Bonchev–Trinajstić information content (AvgIpc) is 3.42. The van der Waals surface area contributed by atoms with E-state index in [1.165, 1.54) is 19.1 Å². The van der Waals surface area contributed by atoms with E-state index in [4.69, 9.17) is 9.47 Å². The molecule has 3 heterocycles. The number of aromatic amines is 1. The molecule has 0 radical (unpaired) electrons. The average molecular weight is 549 g/mol. The van der Waals surface area contributed by atoms with Gasteiger partial charge in [-0.25, -0.2) is 4.98 Å². The van der Waals surface area contributed by atoms with Crippen LogP contribution in [0.15, 0.2) is 64.8 Å². The number of hydrogen-bond donors (Lipinski definition) is 2. The van der Waals surface area contributed by atoms with Gasteiger partial charge in [-0.1, -0.05) is 28.1 Å². The number of pyridine rings is 1. The number of aromatic nitrogens is 3. The Kier molecular flexibility index (Phi) is 5.97. The summed E-state index contributed by atoms with van der Waals surface area (Å²) < 4.78 is 11.6. The highest BCUT2D eigenvalue weighted by Gasteiger charge is 2.49. The van der Waals surface area contributed by atoms with Crippen LogP contribution in [0, 0.1) is 6.92 Å². The molecule has 1 atom stereocenters. The third-order valence-corrected chi connectivity index (χ3v) is 6.94. The molecular formula is C26H21BrN4O5. The number of rotatable bonds is 5. The number of aryl methyl sites for hydroxylation is 1. The number of nitrogens with zero attached hydrogens (tertiary/aromatic N) is 3. The first-order valence-corrected chi connectivity index (χ1v) is 11.7. The van der Waals surface area contributed by atoms with Crippen molar-refractivity contribution in [2.24, 2.45) is 0 Å². The van der Waals surface area contributed by atoms with Crippen molar-refractivity contribution >= 4 is 50.4 Å². The first-order chi connectivity index (χ1) is 17.3. The van der Waals surface area contributed by atoms with Crippen molar-refractivity contribution < 1.29 is 24.2 Å². The SMILES string of the molecule is COc1cc2nc(N3C(=O)C(=O)/C(=C(/O)c4ccc(Br)c(C)c4)C3c3ccccn3)[nH]c2cc1OC. The van der Waals surface area contributed by atoms with Gasteiger partial charge in [0, 0.05) is 28.4 Å². The normalized spacial score (nSPS) is 17.1. The van der Waals surface area contributed by atoms with E-state index in [9.17, 15) is 14.7 Å². The summed E-state index contributed by atoms with van der Waals surface area (Å²) in [6.07, 6.45) is 1.56. The minimum Gasteiger partial charge on any atom is -0.507 e. The van der Waals surface area contributed by atoms with E-state index in [-0.39, 0.29) is 17.3 Å². The van der Waals surface area contributed by atoms with Crippen molar-refractivity contribution in [3.05, 3.63) is 81.6 Å². The Morgan fingerprint density at radius 2 is 1.83 bits per heavy atom. The number of benzene rings is 2. The van der Waals surface area contributed by atoms with Gasteiger partial charge in [-0.2, -0.15) is 0 Å². The molecule has 36 heavy (non-hydrogen) atoms. The number of aliphatic hydroxyl groups is 1. The second kappa shape index (κ2) is 9.12. The smallest absolute Gasteiger partial charge is 0.302 e. The molecule has 1 aliphatic heterocycles. The Bertz CT molecular complexity index is 1510. The molecule has 2 N–H and O–H groups in total. The van der Waals surface area contributed by atoms with Crippen molar-refractivity contribution in [1.29, 1.82) is 0 Å². The summed E-state index contributed by atoms with van der Waals surface area (Å²) in [5.74, 6) is -0.879. The van der Waals surface area contributed by atoms with Crippen LogP contribution in [0.2, 0.25) is 0 Å². The predicted octanol–water partition coefficient (Wildman–Crippen LogP) is 4.67. The number of methoxy groups -OCH3 is 2. The minimum absolute atomic E-state index is 0.0731. The minimum atomic E-state index is -1.00. The molecule has 2 aromatic carbocycles. The lowest BCUT2D eigenvalue weighted by atomic mass is 9.98. The zero-order valence-electron chi connectivity index (χ0n) is 19.6. The number of carbonyl (C=O) groups is 2. The summed E-state index contributed by atoms with van der Waals surface area (Å²) >= 11 is 3.44. The van der Waals surface area contributed by atoms with Crippen LogP contribution < -0.4 is 14.4 Å². The van der Waals surface area contributed by atoms with E-state index >= 15 is 0 Å². The summed E-state index contributed by atoms with van der Waals surface area (Å²) in [5.41, 5.74) is 2.69. The number of carbonyl (C=O) groups excluding carboxylic acids is 2. The summed E-state index contributed by atoms with van der Waals surface area (Å²) in [7, 11) is 3.03. The molecule has 2 aromatic heterocycles. The highest BCUT2D eigenvalue weighted by molar-refractivity contribution is 9.10. The van der Waals surface area contributed by atoms with E-state index in [0.29, 0.717) is 33.8 Å². The van der Waals surface area contributed by atoms with Gasteiger partial charge in [0.2, 0.25) is 5.95 Å². The van der Waals surface area contributed by atoms with Crippen molar-refractivity contribution in [3.8, 4) is 11.5 Å². The number of Topliss-reactive ketones (excluding diaryl/α,β-unsaturated/α-hetero) is 1. The molecule has 1 unspecified atom stereocenters. The third kappa shape index (κ3) is 3.79. The molecule has 10 heteroatoms. The number of amides is 1. The number of aliphatic hydroxyl groups excluding tert-OH is 1. The molecule has 9 nitrogen and oxygen atoms in total. The van der Waals surface area contributed by atoms with E-state index in [2.05, 4.69) is 30.9 Å². The molecular weight excluding hydrogens is 528 g/mol. The monoisotopic (exact) mass is 548 g/mol. The zero-order chi connectivity index (χ0) is 25.6. The maximum atomic E-state index is 13.4. The number of nitrogens with one attached hydrogen (secondary N) is 1. The fourth-order valence-corrected chi connectivity index (χ4v) is 4.50. The number of hydrogen-bond acceptors (Lipinski definition) is 7. The van der Waals surface area contributed by atoms with Crippen molar-refractivity contribution in [3.63, 3.8) is 0 Å². The van der Waals surface area contributed by atoms with Gasteiger partial charge in [0.25, 0.3) is 5.78 Å². The fraction of sp³-hybridized carbons (Fsp3) is 0.154. The van der Waals surface area contributed by atoms with Gasteiger partial charge >= 0.3 is 5.91 Å². The molecule has 1 fully saturated rings. The fourth-order valence-electron chi connectivity index (χ4n) is 4.25. The summed E-state index contributed by atoms with van der Waals surface area (Å²) in [5, 5.41) is 11.3. The Morgan fingerprint density at radius 1 is 1.08 bits per heavy atom. The number of imidazole rings is 1. The van der Waals surface area contributed by atoms with Crippen LogP contribution in [0.5, 0.6) is 11.5 Å². The Balaban J connectivity index is 1.71. The Hall–Kier alpha value is -4.18. The molecule has 0 aliphatic carbocycles. The summed E-state index contributed by atoms with van der Waals surface area (Å²) in [4.78, 5) is 40.0. The standard InChI is InChI=1S/C26H21BrN4O5/c1-13-10-14(7-8-15(13)27)23(32)21-22(16-6-4-5-9-28-16)31(25(34)24(21)33)26-29-17-11-19(35-2)20(36-3)12-18(17)30-26/h4-12,22,32H,1-3H3,(H,29,30)/b23-21+. The van der Waals surface area contributed by atoms with Crippen molar-refractivity contribution in [1.82, 2.24) is 15.0 Å². The topological polar surface area (TPSA) is 118 Å². The predicted molar refractivity (Wildman–Crippen MR) is 137 cm³/mol. The third-order valence-electron chi connectivity index (χ3n) is 6.05. The highest BCUT2D eigenvalue weighted by Crippen LogP contribution is 2.42. The summed E-state index contributed by atoms with van der Waals surface area (Å²) in [6, 6.07) is 12.7. The first kappa shape index (κ1) is 23.6. The second-order valence-corrected chi connectivity index (χ2v) is 9.03. The lowest BCUT2D eigenvalue weighted by Gasteiger charge is -2.22. The number of fused-ring (bicyclic) bond motifs is 1. The maximum absolute atomic E-state index is 13.4. The largest absolute Gasteiger partial charge is 0.507 e. The van der Waals surface area contributed by atoms with Gasteiger partial charge < -0.3 is 19.6 Å². The van der Waals surface area contributed by atoms with E-state index in [1.807, 2.05) is 6.92 Å². The Labute approximate surface area is 214 Å². The molecule has 1 amide bonds. The van der Waals surface area contributed by atoms with Crippen LogP contribution in [-0.2, 0) is 9.59 Å². The number of ether oxygens (including phenoxy) is 2. The van der Waals surface area contributed by atoms with E-state index in [1.54, 1.807) is 54.7 Å². The number of H-pyrrole nitrogens is 1. The maximum Gasteiger partial charge on any atom is 0.302 e. The molecule has 0 bridgehead atoms. The van der Waals surface area contributed by atoms with Gasteiger partial charge in [-0.3, -0.25) is 19.5 Å². The number of anilines is 1. The van der Waals surface area contributed by atoms with Crippen LogP contribution in [0.1, 0.15) is 22.9 Å². The van der Waals surface area contributed by atoms with Crippen molar-refractivity contribution in [2.75, 3.05) is 19.1 Å². The number of ketones is 1. The second-order valence-electron chi connectivity index (χ2n) is 8.17. The van der Waals surface area contributed by atoms with Crippen LogP contribution in [-0.4, -0.2) is 46.0 Å². The van der Waals surface area contributed by atoms with Crippen LogP contribution >= 0.6 is 15.9 Å². The molecule has 5 rings (SSSR count). The molecule has 0 spiro atoms. The molecule has 4 aromatic rings. The molecule has 1 saturated heterocycles. The van der Waals surface area contributed by atoms with Crippen LogP contribution in [0.25, 0.3) is 16.8 Å².